The van der Waals surface area contributed by atoms with Crippen molar-refractivity contribution >= 4 is 24.7 Å². The Bertz CT molecular complexity index is 418. The zero-order valence-corrected chi connectivity index (χ0v) is 15.3. The van der Waals surface area contributed by atoms with Gasteiger partial charge in [0.2, 0.25) is 0 Å². The van der Waals surface area contributed by atoms with Crippen molar-refractivity contribution in [1.29, 1.82) is 0 Å². The third-order valence-corrected chi connectivity index (χ3v) is 7.00. The van der Waals surface area contributed by atoms with Crippen LogP contribution in [0.25, 0.3) is 0 Å². The summed E-state index contributed by atoms with van der Waals surface area (Å²) < 4.78 is 2.91. The molecule has 0 fully saturated rings. The van der Waals surface area contributed by atoms with Crippen LogP contribution in [-0.2, 0) is 12.8 Å². The summed E-state index contributed by atoms with van der Waals surface area (Å²) in [6, 6.07) is 6.91. The molecule has 0 aliphatic rings. The Hall–Kier alpha value is -0.501. The quantitative estimate of drug-likeness (QED) is 0.452. The van der Waals surface area contributed by atoms with Crippen LogP contribution < -0.4 is 3.58 Å². The molecule has 0 aliphatic carbocycles. The van der Waals surface area contributed by atoms with Crippen molar-refractivity contribution in [3.63, 3.8) is 0 Å². The Morgan fingerprint density at radius 2 is 1.84 bits per heavy atom. The van der Waals surface area contributed by atoms with Gasteiger partial charge in [-0.05, 0) is 0 Å². The minimum absolute atomic E-state index is 0.703. The number of rotatable bonds is 9. The molecule has 0 aromatic heterocycles. The van der Waals surface area contributed by atoms with Gasteiger partial charge in [-0.2, -0.15) is 0 Å². The van der Waals surface area contributed by atoms with Gasteiger partial charge in [-0.3, -0.25) is 0 Å². The Morgan fingerprint density at radius 3 is 2.47 bits per heavy atom. The van der Waals surface area contributed by atoms with Gasteiger partial charge < -0.3 is 0 Å². The summed E-state index contributed by atoms with van der Waals surface area (Å²) in [6.07, 6.45) is 9.59. The summed E-state index contributed by atoms with van der Waals surface area (Å²) in [4.78, 5) is 0. The Kier molecular flexibility index (Phi) is 8.20. The van der Waals surface area contributed by atoms with Crippen LogP contribution >= 0.6 is 0 Å². The molecule has 0 saturated heterocycles. The van der Waals surface area contributed by atoms with Crippen LogP contribution in [0.2, 0.25) is 0 Å². The van der Waals surface area contributed by atoms with E-state index >= 15 is 0 Å². The first kappa shape index (κ1) is 16.6. The van der Waals surface area contributed by atoms with Crippen molar-refractivity contribution in [3.05, 3.63) is 52.1 Å². The van der Waals surface area contributed by atoms with E-state index < -0.39 is 21.1 Å². The van der Waals surface area contributed by atoms with E-state index in [4.69, 9.17) is 0 Å². The van der Waals surface area contributed by atoms with Crippen molar-refractivity contribution < 1.29 is 0 Å². The Balaban J connectivity index is 2.98. The van der Waals surface area contributed by atoms with Gasteiger partial charge in [-0.25, -0.2) is 0 Å². The van der Waals surface area contributed by atoms with E-state index in [2.05, 4.69) is 45.2 Å². The van der Waals surface area contributed by atoms with E-state index in [0.29, 0.717) is 0 Å². The molecule has 0 aliphatic heterocycles. The average molecular weight is 361 g/mol. The average Bonchev–Trinajstić information content (AvgIpc) is 2.43. The molecule has 0 heterocycles. The van der Waals surface area contributed by atoms with Gasteiger partial charge in [0.1, 0.15) is 0 Å². The first-order valence-electron chi connectivity index (χ1n) is 7.42. The molecule has 102 valence electrons. The molecular formula is C18H26Sn. The molecule has 0 saturated carbocycles. The van der Waals surface area contributed by atoms with Crippen LogP contribution in [0, 0.1) is 0 Å². The third kappa shape index (κ3) is 5.56. The predicted octanol–water partition coefficient (Wildman–Crippen LogP) is 4.40. The molecule has 0 unspecified atom stereocenters. The normalized spacial score (nSPS) is 10.4. The molecule has 0 bridgehead atoms. The second-order valence-electron chi connectivity index (χ2n) is 5.00. The van der Waals surface area contributed by atoms with Crippen LogP contribution in [0.3, 0.4) is 0 Å². The molecule has 0 N–H and O–H groups in total. The van der Waals surface area contributed by atoms with E-state index in [0.717, 1.165) is 0 Å². The van der Waals surface area contributed by atoms with Crippen LogP contribution in [0.15, 0.2) is 41.0 Å². The molecule has 0 atom stereocenters. The maximum absolute atomic E-state index is 4.14. The first-order valence-corrected chi connectivity index (χ1v) is 10.3. The van der Waals surface area contributed by atoms with Crippen LogP contribution in [0.4, 0.5) is 0 Å². The molecule has 1 aromatic carbocycles. The predicted molar refractivity (Wildman–Crippen MR) is 88.4 cm³/mol. The summed E-state index contributed by atoms with van der Waals surface area (Å²) in [5.74, 6) is 0. The third-order valence-electron chi connectivity index (χ3n) is 3.39. The van der Waals surface area contributed by atoms with E-state index in [1.807, 2.05) is 6.08 Å². The molecule has 0 amide bonds. The van der Waals surface area contributed by atoms with Crippen LogP contribution in [0.1, 0.15) is 50.7 Å². The maximum atomic E-state index is 4.14. The van der Waals surface area contributed by atoms with Gasteiger partial charge in [0.25, 0.3) is 0 Å². The zero-order valence-electron chi connectivity index (χ0n) is 12.5. The monoisotopic (exact) mass is 362 g/mol. The fourth-order valence-electron chi connectivity index (χ4n) is 2.23. The molecule has 1 heteroatoms. The number of hydrogen-bond donors (Lipinski definition) is 0. The van der Waals surface area contributed by atoms with Gasteiger partial charge in [0.05, 0.1) is 0 Å². The number of benzene rings is 1. The van der Waals surface area contributed by atoms with Crippen molar-refractivity contribution in [1.82, 2.24) is 0 Å². The SMILES string of the molecule is C=C[C](=C)[Sn][c]1cccc(CCCC)c1CCCC. The summed E-state index contributed by atoms with van der Waals surface area (Å²) in [7, 11) is 0. The molecule has 0 spiro atoms. The van der Waals surface area contributed by atoms with Gasteiger partial charge in [0.15, 0.2) is 0 Å². The van der Waals surface area contributed by atoms with Crippen LogP contribution in [-0.4, -0.2) is 21.1 Å². The van der Waals surface area contributed by atoms with E-state index in [1.165, 1.54) is 42.1 Å². The van der Waals surface area contributed by atoms with E-state index in [1.54, 1.807) is 14.7 Å². The summed E-state index contributed by atoms with van der Waals surface area (Å²) in [6.45, 7) is 12.5. The van der Waals surface area contributed by atoms with Gasteiger partial charge >= 0.3 is 129 Å². The van der Waals surface area contributed by atoms with Crippen LogP contribution in [0.5, 0.6) is 0 Å². The number of unbranched alkanes of at least 4 members (excludes halogenated alkanes) is 2. The van der Waals surface area contributed by atoms with Gasteiger partial charge in [0, 0.05) is 0 Å². The molecular weight excluding hydrogens is 335 g/mol. The fourth-order valence-corrected chi connectivity index (χ4v) is 5.26. The minimum atomic E-state index is -0.703. The molecule has 1 aromatic rings. The molecule has 1 rings (SSSR count). The van der Waals surface area contributed by atoms with Crippen molar-refractivity contribution in [2.24, 2.45) is 0 Å². The first-order chi connectivity index (χ1) is 9.22. The van der Waals surface area contributed by atoms with Gasteiger partial charge in [-0.1, -0.05) is 0 Å². The van der Waals surface area contributed by atoms with Crippen molar-refractivity contribution in [2.75, 3.05) is 0 Å². The number of hydrogen-bond acceptors (Lipinski definition) is 0. The van der Waals surface area contributed by atoms with Crippen molar-refractivity contribution in [3.8, 4) is 0 Å². The van der Waals surface area contributed by atoms with Gasteiger partial charge in [-0.15, -0.1) is 0 Å². The van der Waals surface area contributed by atoms with E-state index in [9.17, 15) is 0 Å². The summed E-state index contributed by atoms with van der Waals surface area (Å²) in [5.41, 5.74) is 3.23. The second-order valence-corrected chi connectivity index (χ2v) is 9.09. The topological polar surface area (TPSA) is 0 Å². The number of allylic oxidation sites excluding steroid dienone is 2. The Morgan fingerprint density at radius 1 is 1.16 bits per heavy atom. The standard InChI is InChI=1S/C14H21.C4H5.Sn/c1-3-5-9-13-11-7-8-12-14(13)10-6-4-2;1-3-4-2;/h7-8,11H,3-6,9-10H2,1-2H3;3H,1-2H2;. The second kappa shape index (κ2) is 9.41. The molecule has 19 heavy (non-hydrogen) atoms. The molecule has 0 nitrogen and oxygen atoms in total. The van der Waals surface area contributed by atoms with Crippen molar-refractivity contribution in [2.45, 2.75) is 52.4 Å². The Labute approximate surface area is 129 Å². The summed E-state index contributed by atoms with van der Waals surface area (Å²) in [5, 5.41) is 0. The molecule has 2 radical (unpaired) electrons. The fraction of sp³-hybridized carbons (Fsp3) is 0.444. The summed E-state index contributed by atoms with van der Waals surface area (Å²) >= 11 is -0.703. The van der Waals surface area contributed by atoms with E-state index in [-0.39, 0.29) is 0 Å². The number of aryl methyl sites for hydroxylation is 1. The zero-order chi connectivity index (χ0) is 14.1.